The molecule has 9 heteroatoms. The summed E-state index contributed by atoms with van der Waals surface area (Å²) in [6.07, 6.45) is 4.08. The highest BCUT2D eigenvalue weighted by Crippen LogP contribution is 2.38. The summed E-state index contributed by atoms with van der Waals surface area (Å²) in [4.78, 5) is 4.99. The van der Waals surface area contributed by atoms with Crippen LogP contribution in [0, 0.1) is 0 Å². The Labute approximate surface area is 282 Å². The van der Waals surface area contributed by atoms with Crippen LogP contribution in [0.4, 0.5) is 5.69 Å². The molecule has 1 atom stereocenters. The number of aromatic nitrogens is 1. The maximum Gasteiger partial charge on any atom is 0.216 e. The van der Waals surface area contributed by atoms with Crippen LogP contribution in [-0.4, -0.2) is 51.6 Å². The van der Waals surface area contributed by atoms with E-state index in [-0.39, 0.29) is 16.9 Å². The second-order valence-electron chi connectivity index (χ2n) is 12.1. The Hall–Kier alpha value is -2.52. The van der Waals surface area contributed by atoms with E-state index in [4.69, 9.17) is 43.8 Å². The smallest absolute Gasteiger partial charge is 0.216 e. The molecule has 242 valence electrons. The van der Waals surface area contributed by atoms with Crippen LogP contribution in [0.25, 0.3) is 10.9 Å². The second-order valence-corrected chi connectivity index (χ2v) is 14.4. The predicted molar refractivity (Wildman–Crippen MR) is 193 cm³/mol. The van der Waals surface area contributed by atoms with E-state index in [2.05, 4.69) is 78.9 Å². The Morgan fingerprint density at radius 2 is 1.51 bits per heavy atom. The summed E-state index contributed by atoms with van der Waals surface area (Å²) >= 11 is 14.3. The van der Waals surface area contributed by atoms with Crippen LogP contribution in [0.5, 0.6) is 5.88 Å². The number of benzene rings is 3. The van der Waals surface area contributed by atoms with Gasteiger partial charge in [0.05, 0.1) is 10.9 Å². The molecule has 0 spiro atoms. The minimum Gasteiger partial charge on any atom is -0.472 e. The van der Waals surface area contributed by atoms with Crippen LogP contribution in [0.3, 0.4) is 0 Å². The van der Waals surface area contributed by atoms with Gasteiger partial charge in [-0.25, -0.2) is 9.29 Å². The molecule has 1 unspecified atom stereocenters. The third-order valence-electron chi connectivity index (χ3n) is 7.91. The SMILES string of the molecule is CCCC(C)(C)Oc1cc(NC2CCN(SC(C)N)CC2)c2cc(C(c3ccc(Cl)cc3)c3ccc(Cl)cc3)ccc2n1.CO. The molecule has 4 N–H and O–H groups in total. The molecule has 1 aliphatic heterocycles. The van der Waals surface area contributed by atoms with Crippen molar-refractivity contribution in [2.24, 2.45) is 5.73 Å². The zero-order chi connectivity index (χ0) is 32.6. The van der Waals surface area contributed by atoms with E-state index in [0.717, 1.165) is 83.6 Å². The van der Waals surface area contributed by atoms with E-state index in [1.165, 1.54) is 5.56 Å². The molecule has 0 radical (unpaired) electrons. The van der Waals surface area contributed by atoms with Crippen molar-refractivity contribution in [1.82, 2.24) is 9.29 Å². The molecular formula is C36H46Cl2N4O2S. The standard InChI is InChI=1S/C35H42Cl2N4OS.CH4O/c1-5-18-35(3,4)42-33-22-32(39-29-16-19-41(20-17-29)43-23(2)38)30-21-26(10-15-31(30)40-33)34(24-6-11-27(36)12-7-24)25-8-13-28(37)14-9-25;1-2/h6-15,21-23,29,34H,5,16-20,38H2,1-4H3,(H,39,40);2H,1H3. The summed E-state index contributed by atoms with van der Waals surface area (Å²) in [5, 5.41) is 13.5. The monoisotopic (exact) mass is 668 g/mol. The number of ether oxygens (including phenoxy) is 1. The van der Waals surface area contributed by atoms with Crippen LogP contribution in [0.2, 0.25) is 10.0 Å². The van der Waals surface area contributed by atoms with Gasteiger partial charge in [-0.05, 0) is 93.1 Å². The van der Waals surface area contributed by atoms with Gasteiger partial charge >= 0.3 is 0 Å². The molecule has 0 amide bonds. The van der Waals surface area contributed by atoms with E-state index in [9.17, 15) is 0 Å². The van der Waals surface area contributed by atoms with Crippen molar-refractivity contribution in [2.75, 3.05) is 25.5 Å². The van der Waals surface area contributed by atoms with Gasteiger partial charge in [-0.2, -0.15) is 0 Å². The Morgan fingerprint density at radius 3 is 2.04 bits per heavy atom. The van der Waals surface area contributed by atoms with Gasteiger partial charge < -0.3 is 20.9 Å². The third kappa shape index (κ3) is 9.74. The first-order valence-corrected chi connectivity index (χ1v) is 17.2. The number of rotatable bonds is 11. The Balaban J connectivity index is 0.00000226. The fraction of sp³-hybridized carbons (Fsp3) is 0.417. The van der Waals surface area contributed by atoms with Gasteiger partial charge in [0.1, 0.15) is 5.60 Å². The number of nitrogens with two attached hydrogens (primary N) is 1. The van der Waals surface area contributed by atoms with Gasteiger partial charge in [0.15, 0.2) is 0 Å². The van der Waals surface area contributed by atoms with E-state index in [0.29, 0.717) is 11.9 Å². The Kier molecular flexibility index (Phi) is 12.8. The number of piperidine rings is 1. The molecule has 2 heterocycles. The van der Waals surface area contributed by atoms with Gasteiger partial charge in [0, 0.05) is 59.3 Å². The maximum atomic E-state index is 7.00. The van der Waals surface area contributed by atoms with Crippen molar-refractivity contribution < 1.29 is 9.84 Å². The van der Waals surface area contributed by atoms with Crippen LogP contribution in [0.15, 0.2) is 72.8 Å². The number of nitrogens with one attached hydrogen (secondary N) is 1. The number of aliphatic hydroxyl groups is 1. The molecule has 6 nitrogen and oxygen atoms in total. The van der Waals surface area contributed by atoms with E-state index in [1.807, 2.05) is 31.2 Å². The lowest BCUT2D eigenvalue weighted by molar-refractivity contribution is 0.0932. The number of anilines is 1. The van der Waals surface area contributed by atoms with Crippen molar-refractivity contribution in [1.29, 1.82) is 0 Å². The van der Waals surface area contributed by atoms with Crippen molar-refractivity contribution in [3.8, 4) is 5.88 Å². The van der Waals surface area contributed by atoms with Crippen molar-refractivity contribution >= 4 is 51.7 Å². The average Bonchev–Trinajstić information content (AvgIpc) is 3.01. The highest BCUT2D eigenvalue weighted by Gasteiger charge is 2.24. The summed E-state index contributed by atoms with van der Waals surface area (Å²) in [5.74, 6) is 0.655. The first-order chi connectivity index (χ1) is 21.6. The van der Waals surface area contributed by atoms with Crippen LogP contribution in [0.1, 0.15) is 76.0 Å². The average molecular weight is 670 g/mol. The fourth-order valence-corrected chi connectivity index (χ4v) is 7.10. The first-order valence-electron chi connectivity index (χ1n) is 15.6. The summed E-state index contributed by atoms with van der Waals surface area (Å²) in [7, 11) is 1.00. The van der Waals surface area contributed by atoms with Crippen molar-refractivity contribution in [2.45, 2.75) is 76.3 Å². The predicted octanol–water partition coefficient (Wildman–Crippen LogP) is 9.12. The first kappa shape index (κ1) is 35.3. The molecule has 3 aromatic carbocycles. The topological polar surface area (TPSA) is 83.6 Å². The molecule has 1 saturated heterocycles. The zero-order valence-corrected chi connectivity index (χ0v) is 29.2. The minimum absolute atomic E-state index is 0.00436. The number of hydrogen-bond donors (Lipinski definition) is 3. The molecule has 4 aromatic rings. The van der Waals surface area contributed by atoms with Gasteiger partial charge in [0.25, 0.3) is 0 Å². The lowest BCUT2D eigenvalue weighted by Gasteiger charge is -2.33. The maximum absolute atomic E-state index is 7.00. The Bertz CT molecular complexity index is 1460. The third-order valence-corrected chi connectivity index (χ3v) is 9.41. The summed E-state index contributed by atoms with van der Waals surface area (Å²) in [6, 6.07) is 25.2. The van der Waals surface area contributed by atoms with E-state index >= 15 is 0 Å². The molecule has 1 aliphatic rings. The molecule has 1 fully saturated rings. The molecule has 1 aromatic heterocycles. The number of aliphatic hydroxyl groups excluding tert-OH is 1. The second kappa shape index (κ2) is 16.3. The summed E-state index contributed by atoms with van der Waals surface area (Å²) < 4.78 is 8.86. The van der Waals surface area contributed by atoms with Crippen molar-refractivity contribution in [3.05, 3.63) is 99.5 Å². The van der Waals surface area contributed by atoms with Crippen LogP contribution < -0.4 is 15.8 Å². The normalized spacial score (nSPS) is 15.1. The molecular weight excluding hydrogens is 623 g/mol. The lowest BCUT2D eigenvalue weighted by atomic mass is 9.84. The van der Waals surface area contributed by atoms with Gasteiger partial charge in [-0.1, -0.05) is 78.8 Å². The number of hydrogen-bond acceptors (Lipinski definition) is 7. The number of nitrogens with zero attached hydrogens (tertiary/aromatic N) is 2. The molecule has 45 heavy (non-hydrogen) atoms. The highest BCUT2D eigenvalue weighted by molar-refractivity contribution is 7.97. The summed E-state index contributed by atoms with van der Waals surface area (Å²) in [5.41, 5.74) is 11.2. The van der Waals surface area contributed by atoms with Crippen molar-refractivity contribution in [3.63, 3.8) is 0 Å². The molecule has 0 saturated carbocycles. The molecule has 0 bridgehead atoms. The lowest BCUT2D eigenvalue weighted by Crippen LogP contribution is -2.37. The largest absolute Gasteiger partial charge is 0.472 e. The quantitative estimate of drug-likeness (QED) is 0.0835. The fourth-order valence-electron chi connectivity index (χ4n) is 5.95. The van der Waals surface area contributed by atoms with E-state index in [1.54, 1.807) is 11.9 Å². The number of halogens is 2. The highest BCUT2D eigenvalue weighted by atomic mass is 35.5. The summed E-state index contributed by atoms with van der Waals surface area (Å²) in [6.45, 7) is 10.5. The van der Waals surface area contributed by atoms with Gasteiger partial charge in [-0.15, -0.1) is 0 Å². The van der Waals surface area contributed by atoms with Crippen LogP contribution in [-0.2, 0) is 0 Å². The van der Waals surface area contributed by atoms with Crippen LogP contribution >= 0.6 is 35.1 Å². The molecule has 0 aliphatic carbocycles. The minimum atomic E-state index is -0.303. The Morgan fingerprint density at radius 1 is 0.956 bits per heavy atom. The number of pyridine rings is 1. The zero-order valence-electron chi connectivity index (χ0n) is 26.9. The van der Waals surface area contributed by atoms with E-state index < -0.39 is 0 Å². The van der Waals surface area contributed by atoms with Gasteiger partial charge in [0.2, 0.25) is 5.88 Å². The molecule has 5 rings (SSSR count). The van der Waals surface area contributed by atoms with Gasteiger partial charge in [-0.3, -0.25) is 0 Å². The number of fused-ring (bicyclic) bond motifs is 1.